The van der Waals surface area contributed by atoms with E-state index in [2.05, 4.69) is 6.92 Å². The van der Waals surface area contributed by atoms with Gasteiger partial charge in [-0.2, -0.15) is 13.8 Å². The Morgan fingerprint density at radius 3 is 1.69 bits per heavy atom. The van der Waals surface area contributed by atoms with Crippen molar-refractivity contribution in [1.82, 2.24) is 0 Å². The molecule has 0 aliphatic carbocycles. The molecule has 0 aromatic carbocycles. The predicted octanol–water partition coefficient (Wildman–Crippen LogP) is -6.95. The molecule has 1 aliphatic rings. The average Bonchev–Trinajstić information content (AvgIpc) is 2.20. The fourth-order valence-electron chi connectivity index (χ4n) is 0.739. The minimum absolute atomic E-state index is 0. The minimum atomic E-state index is 0. The minimum Gasteiger partial charge on any atom is -1.00 e. The van der Waals surface area contributed by atoms with Crippen molar-refractivity contribution in [2.24, 2.45) is 0 Å². The van der Waals surface area contributed by atoms with Crippen molar-refractivity contribution in [1.29, 1.82) is 0 Å². The molecule has 0 aromatic rings. The zero-order chi connectivity index (χ0) is 7.11. The summed E-state index contributed by atoms with van der Waals surface area (Å²) < 4.78 is 5.15. The Labute approximate surface area is 123 Å². The quantitative estimate of drug-likeness (QED) is 0.297. The van der Waals surface area contributed by atoms with E-state index in [1.807, 2.05) is 20.3 Å². The number of hydrogen-bond acceptors (Lipinski definition) is 1. The van der Waals surface area contributed by atoms with E-state index in [0.717, 1.165) is 6.61 Å². The van der Waals surface area contributed by atoms with E-state index >= 15 is 0 Å². The second-order valence-electron chi connectivity index (χ2n) is 2.40. The molecule has 0 saturated carbocycles. The Morgan fingerprint density at radius 1 is 1.23 bits per heavy atom. The summed E-state index contributed by atoms with van der Waals surface area (Å²) in [6, 6.07) is 0. The van der Waals surface area contributed by atoms with Crippen LogP contribution in [0.1, 0.15) is 33.6 Å². The molecule has 1 nitrogen and oxygen atoms in total. The van der Waals surface area contributed by atoms with Crippen LogP contribution >= 0.6 is 0 Å². The van der Waals surface area contributed by atoms with E-state index in [4.69, 9.17) is 4.74 Å². The Morgan fingerprint density at radius 2 is 1.62 bits per heavy atom. The summed E-state index contributed by atoms with van der Waals surface area (Å²) in [6.07, 6.45) is 5.08. The largest absolute Gasteiger partial charge is 2.00 e. The van der Waals surface area contributed by atoms with Gasteiger partial charge in [-0.15, -0.1) is 0 Å². The fraction of sp³-hybridized carbons (Fsp3) is 0.875. The summed E-state index contributed by atoms with van der Waals surface area (Å²) in [5, 5.41) is 0. The molecule has 0 bridgehead atoms. The summed E-state index contributed by atoms with van der Waals surface area (Å²) in [7, 11) is 0. The molecule has 0 aromatic heterocycles. The van der Waals surface area contributed by atoms with Gasteiger partial charge < -0.3 is 36.0 Å². The van der Waals surface area contributed by atoms with E-state index in [-0.39, 0.29) is 66.7 Å². The molecule has 0 spiro atoms. The fourth-order valence-corrected chi connectivity index (χ4v) is 0.739. The smallest absolute Gasteiger partial charge is 1.00 e. The van der Waals surface area contributed by atoms with E-state index in [0.29, 0.717) is 6.10 Å². The van der Waals surface area contributed by atoms with Crippen LogP contribution in [0.2, 0.25) is 0 Å². The number of ether oxygens (including phenoxy) is 1. The topological polar surface area (TPSA) is 9.23 Å². The van der Waals surface area contributed by atoms with Crippen molar-refractivity contribution >= 4 is 23.1 Å². The molecular formula is C8H17Cl2LiMgO. The standard InChI is InChI=1S/C5H10O.C3H7.2ClH.Li.Mg/c1-5-3-2-4-6-5;1-3-2;;;;/h5H,2-4H2,1H3;3H,1-2H3;2*1H;;/q;-1;;;+1;+2/p-2. The molecule has 13 heavy (non-hydrogen) atoms. The summed E-state index contributed by atoms with van der Waals surface area (Å²) in [6.45, 7) is 7.11. The van der Waals surface area contributed by atoms with Crippen LogP contribution in [0, 0.1) is 6.42 Å². The third-order valence-electron chi connectivity index (χ3n) is 1.16. The molecule has 1 unspecified atom stereocenters. The van der Waals surface area contributed by atoms with Crippen LogP contribution in [-0.4, -0.2) is 35.8 Å². The molecule has 0 amide bonds. The molecular weight excluding hydrogens is 214 g/mol. The van der Waals surface area contributed by atoms with Gasteiger partial charge in [0.2, 0.25) is 0 Å². The maximum atomic E-state index is 5.15. The maximum Gasteiger partial charge on any atom is 2.00 e. The van der Waals surface area contributed by atoms with Crippen LogP contribution in [0.4, 0.5) is 0 Å². The Kier molecular flexibility index (Phi) is 53.3. The third-order valence-corrected chi connectivity index (χ3v) is 1.16. The van der Waals surface area contributed by atoms with Crippen LogP contribution < -0.4 is 43.7 Å². The number of halogens is 2. The first-order valence-corrected chi connectivity index (χ1v) is 3.66. The first-order chi connectivity index (χ1) is 4.31. The summed E-state index contributed by atoms with van der Waals surface area (Å²) in [5.74, 6) is 0. The summed E-state index contributed by atoms with van der Waals surface area (Å²) in [4.78, 5) is 0. The van der Waals surface area contributed by atoms with Gasteiger partial charge in [0.05, 0.1) is 6.10 Å². The number of hydrogen-bond donors (Lipinski definition) is 0. The van der Waals surface area contributed by atoms with E-state index in [9.17, 15) is 0 Å². The van der Waals surface area contributed by atoms with Crippen molar-refractivity contribution in [3.63, 3.8) is 0 Å². The van der Waals surface area contributed by atoms with E-state index in [1.165, 1.54) is 12.8 Å². The van der Waals surface area contributed by atoms with Crippen LogP contribution in [0.25, 0.3) is 0 Å². The molecule has 1 fully saturated rings. The van der Waals surface area contributed by atoms with Crippen molar-refractivity contribution in [3.05, 3.63) is 6.42 Å². The molecule has 1 aliphatic heterocycles. The zero-order valence-corrected chi connectivity index (χ0v) is 12.1. The third kappa shape index (κ3) is 24.9. The zero-order valence-electron chi connectivity index (χ0n) is 9.15. The van der Waals surface area contributed by atoms with Gasteiger partial charge in [-0.1, -0.05) is 0 Å². The second-order valence-corrected chi connectivity index (χ2v) is 2.40. The monoisotopic (exact) mass is 230 g/mol. The predicted molar refractivity (Wildman–Crippen MR) is 46.1 cm³/mol. The van der Waals surface area contributed by atoms with Gasteiger partial charge in [0.25, 0.3) is 0 Å². The molecule has 1 heterocycles. The van der Waals surface area contributed by atoms with Gasteiger partial charge in [0.15, 0.2) is 0 Å². The van der Waals surface area contributed by atoms with Crippen LogP contribution in [0.5, 0.6) is 0 Å². The average molecular weight is 231 g/mol. The van der Waals surface area contributed by atoms with Crippen molar-refractivity contribution in [2.75, 3.05) is 6.61 Å². The second kappa shape index (κ2) is 23.6. The molecule has 0 N–H and O–H groups in total. The van der Waals surface area contributed by atoms with Gasteiger partial charge in [-0.3, -0.25) is 0 Å². The summed E-state index contributed by atoms with van der Waals surface area (Å²) in [5.41, 5.74) is 0. The normalized spacial score (nSPS) is 17.3. The summed E-state index contributed by atoms with van der Waals surface area (Å²) >= 11 is 0. The molecule has 1 saturated heterocycles. The first kappa shape index (κ1) is 29.4. The van der Waals surface area contributed by atoms with Crippen LogP contribution in [0.15, 0.2) is 0 Å². The molecule has 5 heteroatoms. The molecule has 1 rings (SSSR count). The Balaban J connectivity index is -0.0000000282. The van der Waals surface area contributed by atoms with Gasteiger partial charge >= 0.3 is 41.9 Å². The van der Waals surface area contributed by atoms with Crippen LogP contribution in [-0.2, 0) is 4.74 Å². The molecule has 0 radical (unpaired) electrons. The van der Waals surface area contributed by atoms with Crippen molar-refractivity contribution < 1.29 is 48.4 Å². The van der Waals surface area contributed by atoms with E-state index in [1.54, 1.807) is 0 Å². The maximum absolute atomic E-state index is 5.15. The molecule has 72 valence electrons. The molecule has 1 atom stereocenters. The number of rotatable bonds is 0. The Hall–Kier alpha value is 1.90. The van der Waals surface area contributed by atoms with Crippen molar-refractivity contribution in [3.8, 4) is 0 Å². The van der Waals surface area contributed by atoms with Crippen LogP contribution in [0.3, 0.4) is 0 Å². The van der Waals surface area contributed by atoms with Gasteiger partial charge in [0, 0.05) is 6.61 Å². The SMILES string of the molecule is CC1CCCO1.C[CH-]C.[Cl-].[Cl-].[Li+].[Mg+2]. The van der Waals surface area contributed by atoms with E-state index < -0.39 is 0 Å². The van der Waals surface area contributed by atoms with Crippen molar-refractivity contribution in [2.45, 2.75) is 39.7 Å². The van der Waals surface area contributed by atoms with Gasteiger partial charge in [-0.05, 0) is 19.8 Å². The van der Waals surface area contributed by atoms with Gasteiger partial charge in [-0.25, -0.2) is 0 Å². The van der Waals surface area contributed by atoms with Gasteiger partial charge in [0.1, 0.15) is 0 Å². The first-order valence-electron chi connectivity index (χ1n) is 3.66. The Bertz CT molecular complexity index is 64.1.